The molecule has 0 bridgehead atoms. The number of hydrogen-bond acceptors (Lipinski definition) is 1. The molecular formula is C10H16O. The van der Waals surface area contributed by atoms with Crippen LogP contribution in [-0.4, -0.2) is 5.78 Å². The first-order valence-corrected chi connectivity index (χ1v) is 4.11. The lowest BCUT2D eigenvalue weighted by Gasteiger charge is -1.85. The molecule has 0 unspecified atom stereocenters. The highest BCUT2D eigenvalue weighted by atomic mass is 16.1. The summed E-state index contributed by atoms with van der Waals surface area (Å²) in [6, 6.07) is 0. The van der Waals surface area contributed by atoms with Crippen LogP contribution in [0.5, 0.6) is 0 Å². The Labute approximate surface area is 68.8 Å². The molecule has 0 aromatic heterocycles. The van der Waals surface area contributed by atoms with E-state index in [9.17, 15) is 4.79 Å². The first kappa shape index (κ1) is 10.2. The Bertz CT molecular complexity index is 154. The number of allylic oxidation sites excluding steroid dienone is 4. The van der Waals surface area contributed by atoms with Gasteiger partial charge in [-0.3, -0.25) is 4.79 Å². The van der Waals surface area contributed by atoms with Crippen molar-refractivity contribution >= 4 is 5.78 Å². The van der Waals surface area contributed by atoms with Crippen LogP contribution in [0.4, 0.5) is 0 Å². The summed E-state index contributed by atoms with van der Waals surface area (Å²) in [6.07, 6.45) is 10.3. The Morgan fingerprint density at radius 2 is 1.91 bits per heavy atom. The number of carbonyl (C=O) groups is 1. The van der Waals surface area contributed by atoms with Crippen molar-refractivity contribution in [2.75, 3.05) is 0 Å². The van der Waals surface area contributed by atoms with E-state index in [0.717, 1.165) is 12.8 Å². The minimum atomic E-state index is 0.213. The van der Waals surface area contributed by atoms with Gasteiger partial charge >= 0.3 is 0 Å². The van der Waals surface area contributed by atoms with E-state index in [4.69, 9.17) is 0 Å². The Morgan fingerprint density at radius 3 is 2.45 bits per heavy atom. The minimum Gasteiger partial charge on any atom is -0.295 e. The molecule has 0 N–H and O–H groups in total. The van der Waals surface area contributed by atoms with Crippen LogP contribution in [0.1, 0.15) is 33.1 Å². The van der Waals surface area contributed by atoms with Gasteiger partial charge in [0.2, 0.25) is 0 Å². The van der Waals surface area contributed by atoms with Gasteiger partial charge in [-0.05, 0) is 25.8 Å². The summed E-state index contributed by atoms with van der Waals surface area (Å²) in [4.78, 5) is 10.7. The lowest BCUT2D eigenvalue weighted by molar-refractivity contribution is -0.114. The van der Waals surface area contributed by atoms with Gasteiger partial charge in [-0.25, -0.2) is 0 Å². The summed E-state index contributed by atoms with van der Waals surface area (Å²) in [5, 5.41) is 0. The Balaban J connectivity index is 3.37. The molecule has 0 fully saturated rings. The molecule has 62 valence electrons. The number of rotatable bonds is 5. The van der Waals surface area contributed by atoms with Crippen LogP contribution in [0.25, 0.3) is 0 Å². The first-order valence-electron chi connectivity index (χ1n) is 4.11. The molecule has 0 saturated heterocycles. The van der Waals surface area contributed by atoms with Crippen molar-refractivity contribution in [1.29, 1.82) is 0 Å². The summed E-state index contributed by atoms with van der Waals surface area (Å²) in [5.74, 6) is 0.213. The zero-order valence-corrected chi connectivity index (χ0v) is 7.34. The van der Waals surface area contributed by atoms with Crippen LogP contribution in [0, 0.1) is 0 Å². The van der Waals surface area contributed by atoms with E-state index in [-0.39, 0.29) is 5.78 Å². The van der Waals surface area contributed by atoms with Crippen LogP contribution in [0.2, 0.25) is 0 Å². The monoisotopic (exact) mass is 152 g/mol. The Morgan fingerprint density at radius 1 is 1.27 bits per heavy atom. The van der Waals surface area contributed by atoms with Crippen LogP contribution in [0.15, 0.2) is 24.3 Å². The average Bonchev–Trinajstić information content (AvgIpc) is 2.04. The second-order valence-electron chi connectivity index (χ2n) is 2.37. The molecule has 0 aliphatic heterocycles. The van der Waals surface area contributed by atoms with Gasteiger partial charge in [-0.2, -0.15) is 0 Å². The van der Waals surface area contributed by atoms with Crippen molar-refractivity contribution in [3.63, 3.8) is 0 Å². The third-order valence-electron chi connectivity index (χ3n) is 1.39. The molecule has 0 saturated carbocycles. The number of carbonyl (C=O) groups excluding carboxylic acids is 1. The van der Waals surface area contributed by atoms with Crippen molar-refractivity contribution < 1.29 is 4.79 Å². The predicted molar refractivity (Wildman–Crippen MR) is 48.5 cm³/mol. The molecule has 0 spiro atoms. The van der Waals surface area contributed by atoms with E-state index in [2.05, 4.69) is 6.08 Å². The van der Waals surface area contributed by atoms with Gasteiger partial charge in [0.1, 0.15) is 0 Å². The molecule has 0 radical (unpaired) electrons. The SMILES string of the molecule is CC=CCCC=CC(=O)CC. The molecular weight excluding hydrogens is 136 g/mol. The number of unbranched alkanes of at least 4 members (excludes halogenated alkanes) is 1. The first-order chi connectivity index (χ1) is 5.31. The van der Waals surface area contributed by atoms with Crippen molar-refractivity contribution in [2.24, 2.45) is 0 Å². The number of ketones is 1. The maximum Gasteiger partial charge on any atom is 0.155 e. The Kier molecular flexibility index (Phi) is 6.70. The molecule has 0 heterocycles. The summed E-state index contributed by atoms with van der Waals surface area (Å²) in [6.45, 7) is 3.87. The van der Waals surface area contributed by atoms with E-state index >= 15 is 0 Å². The van der Waals surface area contributed by atoms with Gasteiger partial charge in [0.05, 0.1) is 0 Å². The van der Waals surface area contributed by atoms with Gasteiger partial charge in [0, 0.05) is 6.42 Å². The quantitative estimate of drug-likeness (QED) is 0.336. The van der Waals surface area contributed by atoms with Crippen LogP contribution >= 0.6 is 0 Å². The molecule has 0 amide bonds. The van der Waals surface area contributed by atoms with E-state index < -0.39 is 0 Å². The highest BCUT2D eigenvalue weighted by molar-refractivity contribution is 5.89. The second-order valence-corrected chi connectivity index (χ2v) is 2.37. The fourth-order valence-electron chi connectivity index (χ4n) is 0.692. The van der Waals surface area contributed by atoms with Crippen molar-refractivity contribution in [3.8, 4) is 0 Å². The fourth-order valence-corrected chi connectivity index (χ4v) is 0.692. The third-order valence-corrected chi connectivity index (χ3v) is 1.39. The van der Waals surface area contributed by atoms with Gasteiger partial charge < -0.3 is 0 Å². The zero-order valence-electron chi connectivity index (χ0n) is 7.34. The predicted octanol–water partition coefficient (Wildman–Crippen LogP) is 2.88. The third kappa shape index (κ3) is 7.04. The highest BCUT2D eigenvalue weighted by Gasteiger charge is 1.86. The van der Waals surface area contributed by atoms with Crippen molar-refractivity contribution in [2.45, 2.75) is 33.1 Å². The molecule has 0 aliphatic rings. The maximum absolute atomic E-state index is 10.7. The number of hydrogen-bond donors (Lipinski definition) is 0. The molecule has 0 rings (SSSR count). The van der Waals surface area contributed by atoms with Gasteiger partial charge in [0.25, 0.3) is 0 Å². The summed E-state index contributed by atoms with van der Waals surface area (Å²) < 4.78 is 0. The molecule has 11 heavy (non-hydrogen) atoms. The lowest BCUT2D eigenvalue weighted by atomic mass is 10.2. The topological polar surface area (TPSA) is 17.1 Å². The van der Waals surface area contributed by atoms with Gasteiger partial charge in [-0.1, -0.05) is 25.2 Å². The largest absolute Gasteiger partial charge is 0.295 e. The van der Waals surface area contributed by atoms with E-state index in [1.165, 1.54) is 0 Å². The molecule has 1 nitrogen and oxygen atoms in total. The Hall–Kier alpha value is -0.850. The van der Waals surface area contributed by atoms with Gasteiger partial charge in [-0.15, -0.1) is 0 Å². The maximum atomic E-state index is 10.7. The van der Waals surface area contributed by atoms with E-state index in [0.29, 0.717) is 6.42 Å². The van der Waals surface area contributed by atoms with Crippen LogP contribution in [0.3, 0.4) is 0 Å². The normalized spacial score (nSPS) is 11.5. The van der Waals surface area contributed by atoms with E-state index in [1.54, 1.807) is 6.08 Å². The second kappa shape index (κ2) is 7.26. The summed E-state index contributed by atoms with van der Waals surface area (Å²) in [7, 11) is 0. The fraction of sp³-hybridized carbons (Fsp3) is 0.500. The van der Waals surface area contributed by atoms with Crippen LogP contribution < -0.4 is 0 Å². The van der Waals surface area contributed by atoms with Crippen molar-refractivity contribution in [3.05, 3.63) is 24.3 Å². The zero-order chi connectivity index (χ0) is 8.53. The van der Waals surface area contributed by atoms with Crippen LogP contribution in [-0.2, 0) is 4.79 Å². The minimum absolute atomic E-state index is 0.213. The molecule has 1 heteroatoms. The molecule has 0 aliphatic carbocycles. The smallest absolute Gasteiger partial charge is 0.155 e. The van der Waals surface area contributed by atoms with E-state index in [1.807, 2.05) is 26.0 Å². The molecule has 0 atom stereocenters. The lowest BCUT2D eigenvalue weighted by Crippen LogP contribution is -1.86. The summed E-state index contributed by atoms with van der Waals surface area (Å²) in [5.41, 5.74) is 0. The standard InChI is InChI=1S/C10H16O/c1-3-5-6-7-8-9-10(11)4-2/h3,5,8-9H,4,6-7H2,1-2H3. The van der Waals surface area contributed by atoms with Gasteiger partial charge in [0.15, 0.2) is 5.78 Å². The summed E-state index contributed by atoms with van der Waals surface area (Å²) >= 11 is 0. The average molecular weight is 152 g/mol. The molecule has 0 aromatic carbocycles. The highest BCUT2D eigenvalue weighted by Crippen LogP contribution is 1.93. The van der Waals surface area contributed by atoms with Crippen molar-refractivity contribution in [1.82, 2.24) is 0 Å². The molecule has 0 aromatic rings.